The first-order chi connectivity index (χ1) is 12.4. The number of hydrogen-bond donors (Lipinski definition) is 0. The number of aromatic nitrogens is 2. The first-order valence-electron chi connectivity index (χ1n) is 9.29. The highest BCUT2D eigenvalue weighted by molar-refractivity contribution is 5.95. The number of amides is 1. The number of para-hydroxylation sites is 3. The van der Waals surface area contributed by atoms with Crippen LogP contribution in [0.1, 0.15) is 38.6 Å². The first kappa shape index (κ1) is 16.8. The van der Waals surface area contributed by atoms with Crippen molar-refractivity contribution in [2.24, 2.45) is 0 Å². The lowest BCUT2D eigenvalue weighted by Gasteiger charge is -2.30. The normalized spacial score (nSPS) is 14.5. The average molecular weight is 347 g/mol. The van der Waals surface area contributed by atoms with Gasteiger partial charge in [0.1, 0.15) is 12.4 Å². The molecule has 0 radical (unpaired) electrons. The molecule has 1 amide bonds. The Hall–Kier alpha value is -2.62. The minimum Gasteiger partial charge on any atom is -0.318 e. The molecule has 0 aliphatic carbocycles. The Balaban J connectivity index is 1.73. The number of carbonyl (C=O) groups is 1. The fourth-order valence-electron chi connectivity index (χ4n) is 3.82. The maximum absolute atomic E-state index is 13.2. The van der Waals surface area contributed by atoms with Crippen molar-refractivity contribution in [1.29, 1.82) is 0 Å². The van der Waals surface area contributed by atoms with Crippen LogP contribution in [0.25, 0.3) is 11.0 Å². The minimum atomic E-state index is -0.126. The van der Waals surface area contributed by atoms with Gasteiger partial charge in [-0.1, -0.05) is 51.1 Å². The summed E-state index contributed by atoms with van der Waals surface area (Å²) in [6.07, 6.45) is 2.06. The highest BCUT2D eigenvalue weighted by Gasteiger charge is 2.27. The molecule has 0 atom stereocenters. The third-order valence-electron chi connectivity index (χ3n) is 5.03. The second-order valence-electron chi connectivity index (χ2n) is 8.04. The molecule has 1 aliphatic rings. The van der Waals surface area contributed by atoms with Crippen molar-refractivity contribution in [1.82, 2.24) is 9.55 Å². The Morgan fingerprint density at radius 1 is 1.08 bits per heavy atom. The fourth-order valence-corrected chi connectivity index (χ4v) is 3.82. The van der Waals surface area contributed by atoms with Gasteiger partial charge in [-0.3, -0.25) is 4.79 Å². The van der Waals surface area contributed by atoms with Gasteiger partial charge < -0.3 is 9.47 Å². The van der Waals surface area contributed by atoms with Crippen LogP contribution >= 0.6 is 0 Å². The lowest BCUT2D eigenvalue weighted by Crippen LogP contribution is -2.38. The van der Waals surface area contributed by atoms with E-state index < -0.39 is 0 Å². The standard InChI is InChI=1S/C22H25N3O/c1-22(2,3)21-23-17-11-5-7-13-19(17)25(21)15-20(26)24-14-8-10-16-9-4-6-12-18(16)24/h4-7,9,11-13H,8,10,14-15H2,1-3H3. The van der Waals surface area contributed by atoms with Crippen molar-refractivity contribution in [2.75, 3.05) is 11.4 Å². The summed E-state index contributed by atoms with van der Waals surface area (Å²) in [5.41, 5.74) is 4.17. The molecule has 0 fully saturated rings. The van der Waals surface area contributed by atoms with Crippen molar-refractivity contribution < 1.29 is 4.79 Å². The van der Waals surface area contributed by atoms with Crippen LogP contribution in [-0.2, 0) is 23.2 Å². The molecule has 2 heterocycles. The Labute approximate surface area is 154 Å². The predicted octanol–water partition coefficient (Wildman–Crippen LogP) is 4.31. The van der Waals surface area contributed by atoms with E-state index in [1.54, 1.807) is 0 Å². The summed E-state index contributed by atoms with van der Waals surface area (Å²) in [5.74, 6) is 1.09. The Bertz CT molecular complexity index is 965. The van der Waals surface area contributed by atoms with Crippen molar-refractivity contribution in [3.63, 3.8) is 0 Å². The first-order valence-corrected chi connectivity index (χ1v) is 9.29. The number of carbonyl (C=O) groups excluding carboxylic acids is 1. The highest BCUT2D eigenvalue weighted by atomic mass is 16.2. The zero-order valence-corrected chi connectivity index (χ0v) is 15.7. The zero-order valence-electron chi connectivity index (χ0n) is 15.7. The van der Waals surface area contributed by atoms with E-state index in [0.717, 1.165) is 41.9 Å². The maximum Gasteiger partial charge on any atom is 0.246 e. The molecular formula is C22H25N3O. The third-order valence-corrected chi connectivity index (χ3v) is 5.03. The van der Waals surface area contributed by atoms with Gasteiger partial charge in [0.15, 0.2) is 0 Å². The fraction of sp³-hybridized carbons (Fsp3) is 0.364. The van der Waals surface area contributed by atoms with Gasteiger partial charge >= 0.3 is 0 Å². The predicted molar refractivity (Wildman–Crippen MR) is 106 cm³/mol. The molecule has 3 aromatic rings. The summed E-state index contributed by atoms with van der Waals surface area (Å²) in [6.45, 7) is 7.54. The summed E-state index contributed by atoms with van der Waals surface area (Å²) in [4.78, 5) is 20.0. The highest BCUT2D eigenvalue weighted by Crippen LogP contribution is 2.29. The van der Waals surface area contributed by atoms with Crippen LogP contribution in [0.5, 0.6) is 0 Å². The summed E-state index contributed by atoms with van der Waals surface area (Å²) in [7, 11) is 0. The summed E-state index contributed by atoms with van der Waals surface area (Å²) < 4.78 is 2.09. The molecule has 0 spiro atoms. The Morgan fingerprint density at radius 2 is 1.81 bits per heavy atom. The van der Waals surface area contributed by atoms with Gasteiger partial charge in [0.2, 0.25) is 5.91 Å². The third kappa shape index (κ3) is 2.90. The number of anilines is 1. The van der Waals surface area contributed by atoms with Crippen molar-refractivity contribution >= 4 is 22.6 Å². The number of imidazole rings is 1. The van der Waals surface area contributed by atoms with E-state index in [-0.39, 0.29) is 11.3 Å². The Morgan fingerprint density at radius 3 is 2.62 bits per heavy atom. The summed E-state index contributed by atoms with van der Waals surface area (Å²) >= 11 is 0. The van der Waals surface area contributed by atoms with E-state index in [0.29, 0.717) is 6.54 Å². The van der Waals surface area contributed by atoms with E-state index >= 15 is 0 Å². The van der Waals surface area contributed by atoms with Crippen LogP contribution in [0.15, 0.2) is 48.5 Å². The number of fused-ring (bicyclic) bond motifs is 2. The number of aryl methyl sites for hydroxylation is 1. The molecule has 2 aromatic carbocycles. The molecule has 0 unspecified atom stereocenters. The molecule has 0 saturated carbocycles. The van der Waals surface area contributed by atoms with Crippen LogP contribution in [-0.4, -0.2) is 22.0 Å². The SMILES string of the molecule is CC(C)(C)c1nc2ccccc2n1CC(=O)N1CCCc2ccccc21. The number of nitrogens with zero attached hydrogens (tertiary/aromatic N) is 3. The molecule has 134 valence electrons. The monoisotopic (exact) mass is 347 g/mol. The second-order valence-corrected chi connectivity index (χ2v) is 8.04. The van der Waals surface area contributed by atoms with E-state index in [1.807, 2.05) is 35.2 Å². The maximum atomic E-state index is 13.2. The van der Waals surface area contributed by atoms with E-state index in [4.69, 9.17) is 4.98 Å². The van der Waals surface area contributed by atoms with Crippen molar-refractivity contribution in [3.8, 4) is 0 Å². The average Bonchev–Trinajstić information content (AvgIpc) is 3.00. The molecule has 4 heteroatoms. The largest absolute Gasteiger partial charge is 0.318 e. The Kier molecular flexibility index (Phi) is 4.06. The molecule has 0 saturated heterocycles. The van der Waals surface area contributed by atoms with Crippen LogP contribution < -0.4 is 4.90 Å². The van der Waals surface area contributed by atoms with Gasteiger partial charge in [-0.05, 0) is 36.6 Å². The van der Waals surface area contributed by atoms with Gasteiger partial charge in [-0.25, -0.2) is 4.98 Å². The summed E-state index contributed by atoms with van der Waals surface area (Å²) in [6, 6.07) is 16.3. The van der Waals surface area contributed by atoms with Gasteiger partial charge in [0, 0.05) is 17.6 Å². The zero-order chi connectivity index (χ0) is 18.3. The lowest BCUT2D eigenvalue weighted by molar-refractivity contribution is -0.119. The van der Waals surface area contributed by atoms with E-state index in [9.17, 15) is 4.79 Å². The quantitative estimate of drug-likeness (QED) is 0.693. The molecule has 1 aliphatic heterocycles. The topological polar surface area (TPSA) is 38.1 Å². The number of rotatable bonds is 2. The number of hydrogen-bond acceptors (Lipinski definition) is 2. The molecule has 1 aromatic heterocycles. The second kappa shape index (κ2) is 6.27. The smallest absolute Gasteiger partial charge is 0.246 e. The van der Waals surface area contributed by atoms with Crippen molar-refractivity contribution in [3.05, 3.63) is 59.9 Å². The van der Waals surface area contributed by atoms with Gasteiger partial charge in [-0.2, -0.15) is 0 Å². The van der Waals surface area contributed by atoms with Crippen LogP contribution in [0.3, 0.4) is 0 Å². The molecule has 26 heavy (non-hydrogen) atoms. The molecular weight excluding hydrogens is 322 g/mol. The van der Waals surface area contributed by atoms with Gasteiger partial charge in [0.05, 0.1) is 11.0 Å². The number of benzene rings is 2. The molecule has 4 rings (SSSR count). The van der Waals surface area contributed by atoms with E-state index in [1.165, 1.54) is 5.56 Å². The molecule has 0 N–H and O–H groups in total. The van der Waals surface area contributed by atoms with E-state index in [2.05, 4.69) is 43.5 Å². The van der Waals surface area contributed by atoms with Crippen LogP contribution in [0.2, 0.25) is 0 Å². The van der Waals surface area contributed by atoms with Gasteiger partial charge in [-0.15, -0.1) is 0 Å². The summed E-state index contributed by atoms with van der Waals surface area (Å²) in [5, 5.41) is 0. The van der Waals surface area contributed by atoms with Crippen LogP contribution in [0, 0.1) is 0 Å². The van der Waals surface area contributed by atoms with Crippen molar-refractivity contribution in [2.45, 2.75) is 45.6 Å². The lowest BCUT2D eigenvalue weighted by atomic mass is 9.95. The molecule has 0 bridgehead atoms. The van der Waals surface area contributed by atoms with Gasteiger partial charge in [0.25, 0.3) is 0 Å². The molecule has 4 nitrogen and oxygen atoms in total. The minimum absolute atomic E-state index is 0.126. The van der Waals surface area contributed by atoms with Crippen LogP contribution in [0.4, 0.5) is 5.69 Å².